The normalized spacial score (nSPS) is 18.0. The summed E-state index contributed by atoms with van der Waals surface area (Å²) in [5.41, 5.74) is 0.692. The highest BCUT2D eigenvalue weighted by atomic mass is 19.4. The molecule has 1 aliphatic heterocycles. The molecule has 0 amide bonds. The lowest BCUT2D eigenvalue weighted by Crippen LogP contribution is -2.42. The average molecular weight is 420 g/mol. The predicted molar refractivity (Wildman–Crippen MR) is 104 cm³/mol. The van der Waals surface area contributed by atoms with Gasteiger partial charge < -0.3 is 10.6 Å². The van der Waals surface area contributed by atoms with E-state index in [2.05, 4.69) is 15.6 Å². The molecule has 0 aliphatic carbocycles. The van der Waals surface area contributed by atoms with E-state index in [1.807, 2.05) is 6.92 Å². The zero-order valence-corrected chi connectivity index (χ0v) is 16.8. The van der Waals surface area contributed by atoms with Gasteiger partial charge in [0, 0.05) is 20.1 Å². The molecular formula is C20H29F5N4. The van der Waals surface area contributed by atoms with Gasteiger partial charge in [-0.3, -0.25) is 9.89 Å². The number of aliphatic imine (C=N–C) groups is 1. The average Bonchev–Trinajstić information content (AvgIpc) is 2.66. The minimum Gasteiger partial charge on any atom is -0.356 e. The molecule has 9 heteroatoms. The number of hydrogen-bond donors (Lipinski definition) is 2. The van der Waals surface area contributed by atoms with Gasteiger partial charge in [-0.1, -0.05) is 13.0 Å². The topological polar surface area (TPSA) is 39.7 Å². The largest absolute Gasteiger partial charge is 0.401 e. The quantitative estimate of drug-likeness (QED) is 0.399. The summed E-state index contributed by atoms with van der Waals surface area (Å²) in [5, 5.41) is 6.37. The molecule has 29 heavy (non-hydrogen) atoms. The SMILES string of the molecule is CN=C(NCCC1CCN(CC(F)(F)F)CC1)NCC(C)c1ccc(F)c(F)c1. The molecule has 0 bridgehead atoms. The van der Waals surface area contributed by atoms with Crippen molar-refractivity contribution in [2.45, 2.75) is 38.3 Å². The van der Waals surface area contributed by atoms with Gasteiger partial charge in [-0.2, -0.15) is 13.2 Å². The van der Waals surface area contributed by atoms with Crippen molar-refractivity contribution < 1.29 is 22.0 Å². The summed E-state index contributed by atoms with van der Waals surface area (Å²) in [6.45, 7) is 3.20. The molecule has 1 aromatic rings. The fraction of sp³-hybridized carbons (Fsp3) is 0.650. The maximum atomic E-state index is 13.4. The van der Waals surface area contributed by atoms with Crippen LogP contribution >= 0.6 is 0 Å². The Bertz CT molecular complexity index is 669. The Morgan fingerprint density at radius 3 is 2.45 bits per heavy atom. The van der Waals surface area contributed by atoms with E-state index in [9.17, 15) is 22.0 Å². The van der Waals surface area contributed by atoms with Gasteiger partial charge in [0.05, 0.1) is 6.54 Å². The molecule has 1 atom stereocenters. The Kier molecular flexibility index (Phi) is 8.67. The predicted octanol–water partition coefficient (Wildman–Crippen LogP) is 3.90. The third-order valence-electron chi connectivity index (χ3n) is 5.27. The number of alkyl halides is 3. The van der Waals surface area contributed by atoms with E-state index in [1.165, 1.54) is 11.0 Å². The summed E-state index contributed by atoms with van der Waals surface area (Å²) in [7, 11) is 1.65. The molecule has 1 unspecified atom stereocenters. The molecular weight excluding hydrogens is 391 g/mol. The Morgan fingerprint density at radius 2 is 1.86 bits per heavy atom. The number of piperidine rings is 1. The van der Waals surface area contributed by atoms with Gasteiger partial charge in [0.15, 0.2) is 17.6 Å². The molecule has 2 rings (SSSR count). The monoisotopic (exact) mass is 420 g/mol. The number of halogens is 5. The first kappa shape index (κ1) is 23.4. The lowest BCUT2D eigenvalue weighted by Gasteiger charge is -2.32. The lowest BCUT2D eigenvalue weighted by atomic mass is 9.93. The molecule has 0 radical (unpaired) electrons. The second-order valence-electron chi connectivity index (χ2n) is 7.58. The summed E-state index contributed by atoms with van der Waals surface area (Å²) in [6, 6.07) is 3.88. The maximum absolute atomic E-state index is 13.4. The van der Waals surface area contributed by atoms with E-state index in [4.69, 9.17) is 0 Å². The van der Waals surface area contributed by atoms with Crippen LogP contribution < -0.4 is 10.6 Å². The number of guanidine groups is 1. The van der Waals surface area contributed by atoms with Gasteiger partial charge in [-0.25, -0.2) is 8.78 Å². The molecule has 1 saturated heterocycles. The van der Waals surface area contributed by atoms with Crippen molar-refractivity contribution in [3.63, 3.8) is 0 Å². The lowest BCUT2D eigenvalue weighted by molar-refractivity contribution is -0.148. The van der Waals surface area contributed by atoms with Crippen LogP contribution in [-0.4, -0.2) is 56.8 Å². The van der Waals surface area contributed by atoms with E-state index in [1.54, 1.807) is 13.1 Å². The molecule has 4 nitrogen and oxygen atoms in total. The van der Waals surface area contributed by atoms with Crippen molar-refractivity contribution in [1.29, 1.82) is 0 Å². The van der Waals surface area contributed by atoms with Crippen LogP contribution in [0.1, 0.15) is 37.7 Å². The van der Waals surface area contributed by atoms with E-state index < -0.39 is 24.4 Å². The summed E-state index contributed by atoms with van der Waals surface area (Å²) in [5.74, 6) is -0.768. The molecule has 1 fully saturated rings. The molecule has 0 saturated carbocycles. The number of hydrogen-bond acceptors (Lipinski definition) is 2. The van der Waals surface area contributed by atoms with Crippen molar-refractivity contribution in [2.24, 2.45) is 10.9 Å². The van der Waals surface area contributed by atoms with Gasteiger partial charge in [-0.05, 0) is 61.9 Å². The van der Waals surface area contributed by atoms with Gasteiger partial charge >= 0.3 is 6.18 Å². The van der Waals surface area contributed by atoms with E-state index in [0.717, 1.165) is 25.3 Å². The highest BCUT2D eigenvalue weighted by Crippen LogP contribution is 2.24. The third kappa shape index (κ3) is 8.16. The van der Waals surface area contributed by atoms with Crippen molar-refractivity contribution in [2.75, 3.05) is 39.8 Å². The smallest absolute Gasteiger partial charge is 0.356 e. The standard InChI is InChI=1S/C20H29F5N4/c1-14(16-3-4-17(21)18(22)11-16)12-28-19(26-2)27-8-5-15-6-9-29(10-7-15)13-20(23,24)25/h3-4,11,14-15H,5-10,12-13H2,1-2H3,(H2,26,27,28). The summed E-state index contributed by atoms with van der Waals surface area (Å²) >= 11 is 0. The van der Waals surface area contributed by atoms with Crippen molar-refractivity contribution >= 4 is 5.96 Å². The highest BCUT2D eigenvalue weighted by Gasteiger charge is 2.32. The minimum atomic E-state index is -4.14. The number of nitrogens with zero attached hydrogens (tertiary/aromatic N) is 2. The zero-order chi connectivity index (χ0) is 21.4. The molecule has 0 spiro atoms. The fourth-order valence-electron chi connectivity index (χ4n) is 3.49. The highest BCUT2D eigenvalue weighted by molar-refractivity contribution is 5.79. The van der Waals surface area contributed by atoms with Crippen molar-refractivity contribution in [3.8, 4) is 0 Å². The number of benzene rings is 1. The Labute approximate surface area is 168 Å². The maximum Gasteiger partial charge on any atom is 0.401 e. The summed E-state index contributed by atoms with van der Waals surface area (Å²) < 4.78 is 63.7. The molecule has 1 aliphatic rings. The zero-order valence-electron chi connectivity index (χ0n) is 16.8. The van der Waals surface area contributed by atoms with E-state index in [0.29, 0.717) is 43.6 Å². The molecule has 2 N–H and O–H groups in total. The van der Waals surface area contributed by atoms with E-state index in [-0.39, 0.29) is 5.92 Å². The Balaban J connectivity index is 1.67. The Morgan fingerprint density at radius 1 is 1.17 bits per heavy atom. The van der Waals surface area contributed by atoms with Crippen LogP contribution in [0.25, 0.3) is 0 Å². The Hall–Kier alpha value is -1.90. The third-order valence-corrected chi connectivity index (χ3v) is 5.27. The number of nitrogens with one attached hydrogen (secondary N) is 2. The summed E-state index contributed by atoms with van der Waals surface area (Å²) in [4.78, 5) is 5.61. The van der Waals surface area contributed by atoms with Crippen LogP contribution in [0.4, 0.5) is 22.0 Å². The first-order chi connectivity index (χ1) is 13.7. The van der Waals surface area contributed by atoms with E-state index >= 15 is 0 Å². The van der Waals surface area contributed by atoms with Crippen LogP contribution in [0, 0.1) is 17.6 Å². The van der Waals surface area contributed by atoms with Gasteiger partial charge in [-0.15, -0.1) is 0 Å². The first-order valence-electron chi connectivity index (χ1n) is 9.86. The second-order valence-corrected chi connectivity index (χ2v) is 7.58. The fourth-order valence-corrected chi connectivity index (χ4v) is 3.49. The van der Waals surface area contributed by atoms with Crippen LogP contribution in [0.3, 0.4) is 0 Å². The van der Waals surface area contributed by atoms with Gasteiger partial charge in [0.1, 0.15) is 0 Å². The molecule has 1 heterocycles. The minimum absolute atomic E-state index is 0.0402. The van der Waals surface area contributed by atoms with Gasteiger partial charge in [0.25, 0.3) is 0 Å². The van der Waals surface area contributed by atoms with Crippen LogP contribution in [0.5, 0.6) is 0 Å². The molecule has 1 aromatic carbocycles. The van der Waals surface area contributed by atoms with Crippen LogP contribution in [0.15, 0.2) is 23.2 Å². The van der Waals surface area contributed by atoms with Crippen molar-refractivity contribution in [3.05, 3.63) is 35.4 Å². The molecule has 0 aromatic heterocycles. The van der Waals surface area contributed by atoms with Crippen molar-refractivity contribution in [1.82, 2.24) is 15.5 Å². The first-order valence-corrected chi connectivity index (χ1v) is 9.86. The second kappa shape index (κ2) is 10.8. The number of likely N-dealkylation sites (tertiary alicyclic amines) is 1. The molecule has 164 valence electrons. The van der Waals surface area contributed by atoms with Crippen LogP contribution in [-0.2, 0) is 0 Å². The van der Waals surface area contributed by atoms with Crippen LogP contribution in [0.2, 0.25) is 0 Å². The van der Waals surface area contributed by atoms with Gasteiger partial charge in [0.2, 0.25) is 0 Å². The number of rotatable bonds is 7. The summed E-state index contributed by atoms with van der Waals surface area (Å²) in [6.07, 6.45) is -1.75.